The molecule has 3 rings (SSSR count). The third-order valence-corrected chi connectivity index (χ3v) is 4.02. The highest BCUT2D eigenvalue weighted by Crippen LogP contribution is 2.30. The summed E-state index contributed by atoms with van der Waals surface area (Å²) in [5.74, 6) is 1.17. The van der Waals surface area contributed by atoms with Crippen LogP contribution in [0.15, 0.2) is 48.7 Å². The number of aromatic nitrogens is 1. The first kappa shape index (κ1) is 16.7. The predicted molar refractivity (Wildman–Crippen MR) is 99.8 cm³/mol. The Morgan fingerprint density at radius 1 is 1.04 bits per heavy atom. The summed E-state index contributed by atoms with van der Waals surface area (Å²) in [5, 5.41) is 6.73. The molecule has 0 aliphatic carbocycles. The van der Waals surface area contributed by atoms with Crippen molar-refractivity contribution in [3.8, 4) is 11.5 Å². The molecule has 0 aliphatic rings. The number of nitrogens with zero attached hydrogens (tertiary/aromatic N) is 1. The van der Waals surface area contributed by atoms with E-state index < -0.39 is 0 Å². The van der Waals surface area contributed by atoms with E-state index in [1.54, 1.807) is 32.4 Å². The largest absolute Gasteiger partial charge is 0.493 e. The lowest BCUT2D eigenvalue weighted by Crippen LogP contribution is -2.19. The van der Waals surface area contributed by atoms with Crippen molar-refractivity contribution in [1.29, 1.82) is 0 Å². The van der Waals surface area contributed by atoms with Gasteiger partial charge in [0.15, 0.2) is 11.5 Å². The van der Waals surface area contributed by atoms with Crippen LogP contribution in [0.1, 0.15) is 6.92 Å². The molecule has 1 heterocycles. The van der Waals surface area contributed by atoms with Crippen LogP contribution in [0.2, 0.25) is 0 Å². The average molecular weight is 339 g/mol. The van der Waals surface area contributed by atoms with Crippen molar-refractivity contribution in [2.75, 3.05) is 24.9 Å². The molecule has 0 unspecified atom stereocenters. The van der Waals surface area contributed by atoms with Gasteiger partial charge in [-0.2, -0.15) is 0 Å². The topological polar surface area (TPSA) is 64.5 Å². The van der Waals surface area contributed by atoms with Gasteiger partial charge in [-0.15, -0.1) is 0 Å². The zero-order valence-electron chi connectivity index (χ0n) is 14.5. The maximum absolute atomic E-state index is 12.4. The van der Waals surface area contributed by atoms with Crippen LogP contribution in [0.3, 0.4) is 0 Å². The predicted octanol–water partition coefficient (Wildman–Crippen LogP) is 4.32. The van der Waals surface area contributed by atoms with Crippen LogP contribution in [0.5, 0.6) is 11.5 Å². The van der Waals surface area contributed by atoms with Crippen LogP contribution < -0.4 is 20.1 Å². The number of ether oxygens (including phenoxy) is 2. The van der Waals surface area contributed by atoms with E-state index in [-0.39, 0.29) is 6.03 Å². The molecule has 0 atom stereocenters. The second-order valence-corrected chi connectivity index (χ2v) is 5.49. The quantitative estimate of drug-likeness (QED) is 0.727. The van der Waals surface area contributed by atoms with E-state index in [1.165, 1.54) is 0 Å². The first-order valence-corrected chi connectivity index (χ1v) is 8.04. The molecule has 0 bridgehead atoms. The fourth-order valence-electron chi connectivity index (χ4n) is 2.81. The zero-order valence-corrected chi connectivity index (χ0v) is 14.5. The van der Waals surface area contributed by atoms with Crippen LogP contribution in [0.25, 0.3) is 10.9 Å². The SMILES string of the molecule is CCn1cc(NC(=O)Nc2ccc(OC)c(OC)c2)c2ccccc21. The number of anilines is 2. The van der Waals surface area contributed by atoms with Gasteiger partial charge in [-0.05, 0) is 25.1 Å². The molecule has 0 radical (unpaired) electrons. The smallest absolute Gasteiger partial charge is 0.323 e. The van der Waals surface area contributed by atoms with Crippen LogP contribution in [0, 0.1) is 0 Å². The average Bonchev–Trinajstić information content (AvgIpc) is 2.99. The fraction of sp³-hybridized carbons (Fsp3) is 0.211. The number of methoxy groups -OCH3 is 2. The number of carbonyl (C=O) groups is 1. The summed E-state index contributed by atoms with van der Waals surface area (Å²) in [5.41, 5.74) is 2.48. The van der Waals surface area contributed by atoms with Crippen LogP contribution in [-0.2, 0) is 6.54 Å². The van der Waals surface area contributed by atoms with Gasteiger partial charge in [-0.25, -0.2) is 4.79 Å². The molecule has 0 spiro atoms. The van der Waals surface area contributed by atoms with Crippen LogP contribution >= 0.6 is 0 Å². The number of hydrogen-bond donors (Lipinski definition) is 2. The second-order valence-electron chi connectivity index (χ2n) is 5.49. The maximum Gasteiger partial charge on any atom is 0.323 e. The van der Waals surface area contributed by atoms with E-state index in [1.807, 2.05) is 30.5 Å². The molecule has 0 saturated carbocycles. The first-order valence-electron chi connectivity index (χ1n) is 8.04. The number of amides is 2. The summed E-state index contributed by atoms with van der Waals surface area (Å²) in [6.45, 7) is 2.90. The molecular formula is C19H21N3O3. The molecule has 1 aromatic heterocycles. The standard InChI is InChI=1S/C19H21N3O3/c1-4-22-12-15(14-7-5-6-8-16(14)22)21-19(23)20-13-9-10-17(24-2)18(11-13)25-3/h5-12H,4H2,1-3H3,(H2,20,21,23). The minimum Gasteiger partial charge on any atom is -0.493 e. The summed E-state index contributed by atoms with van der Waals surface area (Å²) < 4.78 is 12.5. The Balaban J connectivity index is 1.79. The number of benzene rings is 2. The van der Waals surface area contributed by atoms with Gasteiger partial charge in [0.25, 0.3) is 0 Å². The number of carbonyl (C=O) groups excluding carboxylic acids is 1. The number of para-hydroxylation sites is 1. The molecule has 25 heavy (non-hydrogen) atoms. The molecule has 2 aromatic carbocycles. The Kier molecular flexibility index (Phi) is 4.79. The number of rotatable bonds is 5. The number of nitrogens with one attached hydrogen (secondary N) is 2. The number of hydrogen-bond acceptors (Lipinski definition) is 3. The van der Waals surface area contributed by atoms with E-state index in [2.05, 4.69) is 22.1 Å². The summed E-state index contributed by atoms with van der Waals surface area (Å²) in [6, 6.07) is 12.9. The molecule has 3 aromatic rings. The van der Waals surface area contributed by atoms with E-state index in [0.717, 1.165) is 23.1 Å². The molecule has 2 N–H and O–H groups in total. The summed E-state index contributed by atoms with van der Waals surface area (Å²) in [4.78, 5) is 12.4. The minimum absolute atomic E-state index is 0.314. The van der Waals surface area contributed by atoms with Gasteiger partial charge in [0.05, 0.1) is 25.4 Å². The van der Waals surface area contributed by atoms with Gasteiger partial charge in [0.1, 0.15) is 0 Å². The molecule has 0 aliphatic heterocycles. The van der Waals surface area contributed by atoms with Crippen molar-refractivity contribution in [1.82, 2.24) is 4.57 Å². The van der Waals surface area contributed by atoms with E-state index in [9.17, 15) is 4.79 Å². The van der Waals surface area contributed by atoms with Crippen molar-refractivity contribution >= 4 is 28.3 Å². The summed E-state index contributed by atoms with van der Waals surface area (Å²) in [7, 11) is 3.13. The van der Waals surface area contributed by atoms with Gasteiger partial charge in [0.2, 0.25) is 0 Å². The third-order valence-electron chi connectivity index (χ3n) is 4.02. The zero-order chi connectivity index (χ0) is 17.8. The van der Waals surface area contributed by atoms with Crippen molar-refractivity contribution in [3.05, 3.63) is 48.7 Å². The van der Waals surface area contributed by atoms with Gasteiger partial charge in [0, 0.05) is 29.9 Å². The van der Waals surface area contributed by atoms with E-state index >= 15 is 0 Å². The van der Waals surface area contributed by atoms with Crippen LogP contribution in [0.4, 0.5) is 16.2 Å². The van der Waals surface area contributed by atoms with Gasteiger partial charge >= 0.3 is 6.03 Å². The molecule has 2 amide bonds. The number of fused-ring (bicyclic) bond motifs is 1. The van der Waals surface area contributed by atoms with Crippen molar-refractivity contribution in [3.63, 3.8) is 0 Å². The van der Waals surface area contributed by atoms with Gasteiger partial charge in [-0.3, -0.25) is 0 Å². The Morgan fingerprint density at radius 3 is 2.52 bits per heavy atom. The summed E-state index contributed by atoms with van der Waals surface area (Å²) in [6.07, 6.45) is 1.94. The first-order chi connectivity index (χ1) is 12.2. The third kappa shape index (κ3) is 3.38. The van der Waals surface area contributed by atoms with Gasteiger partial charge in [-0.1, -0.05) is 18.2 Å². The normalized spacial score (nSPS) is 10.5. The lowest BCUT2D eigenvalue weighted by Gasteiger charge is -2.11. The fourth-order valence-corrected chi connectivity index (χ4v) is 2.81. The maximum atomic E-state index is 12.4. The monoisotopic (exact) mass is 339 g/mol. The Hall–Kier alpha value is -3.15. The lowest BCUT2D eigenvalue weighted by molar-refractivity contribution is 0.262. The molecule has 6 nitrogen and oxygen atoms in total. The molecule has 6 heteroatoms. The Morgan fingerprint density at radius 2 is 1.80 bits per heavy atom. The van der Waals surface area contributed by atoms with E-state index in [0.29, 0.717) is 17.2 Å². The number of aryl methyl sites for hydroxylation is 1. The Bertz CT molecular complexity index is 902. The minimum atomic E-state index is -0.314. The van der Waals surface area contributed by atoms with Crippen LogP contribution in [-0.4, -0.2) is 24.8 Å². The highest BCUT2D eigenvalue weighted by molar-refractivity contribution is 6.06. The van der Waals surface area contributed by atoms with Crippen molar-refractivity contribution in [2.24, 2.45) is 0 Å². The van der Waals surface area contributed by atoms with E-state index in [4.69, 9.17) is 9.47 Å². The molecular weight excluding hydrogens is 318 g/mol. The Labute approximate surface area is 146 Å². The molecule has 0 saturated heterocycles. The van der Waals surface area contributed by atoms with Crippen molar-refractivity contribution in [2.45, 2.75) is 13.5 Å². The highest BCUT2D eigenvalue weighted by atomic mass is 16.5. The molecule has 0 fully saturated rings. The highest BCUT2D eigenvalue weighted by Gasteiger charge is 2.11. The molecule has 130 valence electrons. The second kappa shape index (κ2) is 7.17. The number of urea groups is 1. The lowest BCUT2D eigenvalue weighted by atomic mass is 10.2. The van der Waals surface area contributed by atoms with Gasteiger partial charge < -0.3 is 24.7 Å². The summed E-state index contributed by atoms with van der Waals surface area (Å²) >= 11 is 0. The van der Waals surface area contributed by atoms with Crippen molar-refractivity contribution < 1.29 is 14.3 Å².